The lowest BCUT2D eigenvalue weighted by Gasteiger charge is -2.22. The predicted octanol–water partition coefficient (Wildman–Crippen LogP) is 2.59. The minimum Gasteiger partial charge on any atom is -0.396 e. The minimum atomic E-state index is 0.0716. The fraction of sp³-hybridized carbons (Fsp3) is 0.500. The van der Waals surface area contributed by atoms with Crippen LogP contribution in [0, 0.1) is 0 Å². The number of carbonyl (C=O) groups excluding carboxylic acids is 1. The summed E-state index contributed by atoms with van der Waals surface area (Å²) in [5.74, 6) is 0.0960. The SMILES string of the molecule is CCCCN(C(=O)CCCO)c1ccccc1. The number of carbonyl (C=O) groups is 1. The molecule has 0 saturated carbocycles. The molecule has 1 amide bonds. The van der Waals surface area contributed by atoms with Crippen LogP contribution in [-0.2, 0) is 4.79 Å². The molecule has 0 fully saturated rings. The van der Waals surface area contributed by atoms with E-state index >= 15 is 0 Å². The van der Waals surface area contributed by atoms with Gasteiger partial charge in [0.05, 0.1) is 0 Å². The van der Waals surface area contributed by atoms with Gasteiger partial charge in [-0.3, -0.25) is 4.79 Å². The van der Waals surface area contributed by atoms with Crippen LogP contribution in [0.2, 0.25) is 0 Å². The second-order valence-corrected chi connectivity index (χ2v) is 4.06. The van der Waals surface area contributed by atoms with Crippen LogP contribution in [0.3, 0.4) is 0 Å². The maximum absolute atomic E-state index is 12.0. The first-order valence-electron chi connectivity index (χ1n) is 6.26. The summed E-state index contributed by atoms with van der Waals surface area (Å²) in [6.45, 7) is 2.94. The molecule has 17 heavy (non-hydrogen) atoms. The van der Waals surface area contributed by atoms with E-state index in [1.165, 1.54) is 0 Å². The van der Waals surface area contributed by atoms with Crippen molar-refractivity contribution in [3.05, 3.63) is 30.3 Å². The van der Waals surface area contributed by atoms with E-state index in [0.717, 1.165) is 25.1 Å². The number of rotatable bonds is 7. The number of hydrogen-bond donors (Lipinski definition) is 1. The average Bonchev–Trinajstić information content (AvgIpc) is 2.38. The molecule has 0 aliphatic rings. The van der Waals surface area contributed by atoms with E-state index in [0.29, 0.717) is 12.8 Å². The molecular weight excluding hydrogens is 214 g/mol. The maximum atomic E-state index is 12.0. The van der Waals surface area contributed by atoms with Crippen molar-refractivity contribution in [2.75, 3.05) is 18.1 Å². The van der Waals surface area contributed by atoms with Crippen LogP contribution >= 0.6 is 0 Å². The Balaban J connectivity index is 2.69. The number of hydrogen-bond acceptors (Lipinski definition) is 2. The van der Waals surface area contributed by atoms with Gasteiger partial charge < -0.3 is 10.0 Å². The molecule has 3 heteroatoms. The maximum Gasteiger partial charge on any atom is 0.227 e. The highest BCUT2D eigenvalue weighted by atomic mass is 16.3. The summed E-state index contributed by atoms with van der Waals surface area (Å²) in [6.07, 6.45) is 3.01. The van der Waals surface area contributed by atoms with Crippen LogP contribution in [-0.4, -0.2) is 24.2 Å². The van der Waals surface area contributed by atoms with Crippen molar-refractivity contribution in [3.63, 3.8) is 0 Å². The molecule has 1 aromatic rings. The zero-order chi connectivity index (χ0) is 12.5. The third-order valence-electron chi connectivity index (χ3n) is 2.65. The van der Waals surface area contributed by atoms with Gasteiger partial charge in [0.1, 0.15) is 0 Å². The van der Waals surface area contributed by atoms with Gasteiger partial charge in [0.25, 0.3) is 0 Å². The Morgan fingerprint density at radius 2 is 1.94 bits per heavy atom. The van der Waals surface area contributed by atoms with Gasteiger partial charge in [-0.15, -0.1) is 0 Å². The van der Waals surface area contributed by atoms with Crippen LogP contribution in [0.25, 0.3) is 0 Å². The van der Waals surface area contributed by atoms with Crippen LogP contribution in [0.4, 0.5) is 5.69 Å². The number of aliphatic hydroxyl groups is 1. The Hall–Kier alpha value is -1.35. The van der Waals surface area contributed by atoms with Gasteiger partial charge in [-0.25, -0.2) is 0 Å². The third kappa shape index (κ3) is 4.57. The Labute approximate surface area is 103 Å². The van der Waals surface area contributed by atoms with Crippen LogP contribution in [0.15, 0.2) is 30.3 Å². The Morgan fingerprint density at radius 3 is 2.53 bits per heavy atom. The number of unbranched alkanes of at least 4 members (excludes halogenated alkanes) is 1. The lowest BCUT2D eigenvalue weighted by molar-refractivity contribution is -0.118. The van der Waals surface area contributed by atoms with Gasteiger partial charge in [-0.1, -0.05) is 31.5 Å². The Kier molecular flexibility index (Phi) is 6.33. The number of para-hydroxylation sites is 1. The van der Waals surface area contributed by atoms with Gasteiger partial charge in [0.15, 0.2) is 0 Å². The van der Waals surface area contributed by atoms with Crippen molar-refractivity contribution in [2.45, 2.75) is 32.6 Å². The summed E-state index contributed by atoms with van der Waals surface area (Å²) in [7, 11) is 0. The first-order valence-corrected chi connectivity index (χ1v) is 6.26. The Bertz CT molecular complexity index is 324. The standard InChI is InChI=1S/C14H21NO2/c1-2-3-11-15(14(17)10-7-12-16)13-8-5-4-6-9-13/h4-6,8-9,16H,2-3,7,10-12H2,1H3. The summed E-state index contributed by atoms with van der Waals surface area (Å²) in [5.41, 5.74) is 0.948. The molecule has 0 radical (unpaired) electrons. The van der Waals surface area contributed by atoms with Gasteiger partial charge in [0, 0.05) is 25.3 Å². The average molecular weight is 235 g/mol. The van der Waals surface area contributed by atoms with E-state index in [1.54, 1.807) is 0 Å². The summed E-state index contributed by atoms with van der Waals surface area (Å²) in [5, 5.41) is 8.77. The van der Waals surface area contributed by atoms with Crippen LogP contribution < -0.4 is 4.90 Å². The molecule has 0 atom stereocenters. The third-order valence-corrected chi connectivity index (χ3v) is 2.65. The lowest BCUT2D eigenvalue weighted by atomic mass is 10.2. The highest BCUT2D eigenvalue weighted by molar-refractivity contribution is 5.93. The second-order valence-electron chi connectivity index (χ2n) is 4.06. The van der Waals surface area contributed by atoms with Gasteiger partial charge in [-0.2, -0.15) is 0 Å². The quantitative estimate of drug-likeness (QED) is 0.789. The van der Waals surface area contributed by atoms with E-state index in [9.17, 15) is 4.79 Å². The number of anilines is 1. The van der Waals surface area contributed by atoms with Crippen molar-refractivity contribution in [2.24, 2.45) is 0 Å². The Morgan fingerprint density at radius 1 is 1.24 bits per heavy atom. The molecule has 94 valence electrons. The van der Waals surface area contributed by atoms with Crippen LogP contribution in [0.5, 0.6) is 0 Å². The molecule has 1 rings (SSSR count). The molecule has 1 aromatic carbocycles. The first kappa shape index (κ1) is 13.7. The molecule has 0 heterocycles. The van der Waals surface area contributed by atoms with E-state index in [-0.39, 0.29) is 12.5 Å². The highest BCUT2D eigenvalue weighted by Crippen LogP contribution is 2.15. The molecule has 0 aliphatic heterocycles. The van der Waals surface area contributed by atoms with Gasteiger partial charge in [-0.05, 0) is 25.0 Å². The van der Waals surface area contributed by atoms with Crippen molar-refractivity contribution in [1.82, 2.24) is 0 Å². The zero-order valence-electron chi connectivity index (χ0n) is 10.4. The molecule has 0 aliphatic carbocycles. The summed E-state index contributed by atoms with van der Waals surface area (Å²) in [6, 6.07) is 9.72. The molecular formula is C14H21NO2. The topological polar surface area (TPSA) is 40.5 Å². The van der Waals surface area contributed by atoms with Crippen LogP contribution in [0.1, 0.15) is 32.6 Å². The molecule has 0 unspecified atom stereocenters. The van der Waals surface area contributed by atoms with Crippen molar-refractivity contribution < 1.29 is 9.90 Å². The minimum absolute atomic E-state index is 0.0716. The molecule has 0 saturated heterocycles. The monoisotopic (exact) mass is 235 g/mol. The lowest BCUT2D eigenvalue weighted by Crippen LogP contribution is -2.31. The molecule has 0 bridgehead atoms. The van der Waals surface area contributed by atoms with E-state index in [4.69, 9.17) is 5.11 Å². The highest BCUT2D eigenvalue weighted by Gasteiger charge is 2.13. The first-order chi connectivity index (χ1) is 8.29. The fourth-order valence-corrected chi connectivity index (χ4v) is 1.69. The van der Waals surface area contributed by atoms with E-state index < -0.39 is 0 Å². The number of aliphatic hydroxyl groups excluding tert-OH is 1. The largest absolute Gasteiger partial charge is 0.396 e. The van der Waals surface area contributed by atoms with Crippen molar-refractivity contribution in [1.29, 1.82) is 0 Å². The summed E-state index contributed by atoms with van der Waals surface area (Å²) in [4.78, 5) is 13.8. The van der Waals surface area contributed by atoms with Crippen molar-refractivity contribution >= 4 is 11.6 Å². The summed E-state index contributed by atoms with van der Waals surface area (Å²) < 4.78 is 0. The number of amides is 1. The van der Waals surface area contributed by atoms with E-state index in [2.05, 4.69) is 6.92 Å². The zero-order valence-corrected chi connectivity index (χ0v) is 10.4. The van der Waals surface area contributed by atoms with Gasteiger partial charge in [0.2, 0.25) is 5.91 Å². The molecule has 0 aromatic heterocycles. The smallest absolute Gasteiger partial charge is 0.227 e. The fourth-order valence-electron chi connectivity index (χ4n) is 1.69. The molecule has 3 nitrogen and oxygen atoms in total. The predicted molar refractivity (Wildman–Crippen MR) is 70.0 cm³/mol. The number of nitrogens with zero attached hydrogens (tertiary/aromatic N) is 1. The van der Waals surface area contributed by atoms with E-state index in [1.807, 2.05) is 35.2 Å². The molecule has 0 spiro atoms. The summed E-state index contributed by atoms with van der Waals surface area (Å²) >= 11 is 0. The second kappa shape index (κ2) is 7.85. The van der Waals surface area contributed by atoms with Gasteiger partial charge >= 0.3 is 0 Å². The number of benzene rings is 1. The molecule has 1 N–H and O–H groups in total. The van der Waals surface area contributed by atoms with Crippen molar-refractivity contribution in [3.8, 4) is 0 Å². The normalized spacial score (nSPS) is 10.2.